The molecule has 20 heavy (non-hydrogen) atoms. The highest BCUT2D eigenvalue weighted by molar-refractivity contribution is 5.87. The quantitative estimate of drug-likeness (QED) is 0.807. The molecule has 0 bridgehead atoms. The van der Waals surface area contributed by atoms with E-state index in [1.54, 1.807) is 0 Å². The van der Waals surface area contributed by atoms with Gasteiger partial charge >= 0.3 is 0 Å². The minimum absolute atomic E-state index is 0.105. The monoisotopic (exact) mass is 269 g/mol. The van der Waals surface area contributed by atoms with E-state index in [2.05, 4.69) is 22.2 Å². The van der Waals surface area contributed by atoms with Gasteiger partial charge in [-0.15, -0.1) is 6.42 Å². The van der Waals surface area contributed by atoms with Gasteiger partial charge in [-0.3, -0.25) is 9.69 Å². The van der Waals surface area contributed by atoms with E-state index in [9.17, 15) is 4.79 Å². The molecule has 104 valence electrons. The molecule has 0 saturated carbocycles. The van der Waals surface area contributed by atoms with Crippen molar-refractivity contribution in [3.05, 3.63) is 29.8 Å². The van der Waals surface area contributed by atoms with Crippen LogP contribution in [0.5, 0.6) is 0 Å². The number of para-hydroxylation sites is 1. The van der Waals surface area contributed by atoms with Crippen molar-refractivity contribution >= 4 is 11.6 Å². The molecule has 0 spiro atoms. The number of rotatable bonds is 2. The number of hydrogen-bond acceptors (Lipinski definition) is 3. The highest BCUT2D eigenvalue weighted by Crippen LogP contribution is 2.26. The van der Waals surface area contributed by atoms with E-state index in [0.717, 1.165) is 38.3 Å². The van der Waals surface area contributed by atoms with Crippen LogP contribution in [0.2, 0.25) is 0 Å². The molecule has 1 amide bonds. The SMILES string of the molecule is C#CCN1CCN(C(=O)C2Cc3ccccc3N2)CC1. The topological polar surface area (TPSA) is 35.6 Å². The van der Waals surface area contributed by atoms with Crippen LogP contribution in [0, 0.1) is 12.3 Å². The third-order valence-corrected chi connectivity index (χ3v) is 4.07. The number of anilines is 1. The summed E-state index contributed by atoms with van der Waals surface area (Å²) in [6.07, 6.45) is 6.11. The van der Waals surface area contributed by atoms with Gasteiger partial charge in [0, 0.05) is 38.3 Å². The average Bonchev–Trinajstić information content (AvgIpc) is 2.91. The van der Waals surface area contributed by atoms with E-state index in [0.29, 0.717) is 6.54 Å². The number of piperazine rings is 1. The van der Waals surface area contributed by atoms with Gasteiger partial charge in [-0.25, -0.2) is 0 Å². The highest BCUT2D eigenvalue weighted by atomic mass is 16.2. The molecule has 1 saturated heterocycles. The Hall–Kier alpha value is -1.99. The summed E-state index contributed by atoms with van der Waals surface area (Å²) in [4.78, 5) is 16.7. The molecule has 1 atom stereocenters. The molecule has 0 radical (unpaired) electrons. The zero-order valence-electron chi connectivity index (χ0n) is 11.5. The van der Waals surface area contributed by atoms with Gasteiger partial charge < -0.3 is 10.2 Å². The number of nitrogens with zero attached hydrogens (tertiary/aromatic N) is 2. The zero-order chi connectivity index (χ0) is 13.9. The van der Waals surface area contributed by atoms with Gasteiger partial charge in [0.15, 0.2) is 0 Å². The van der Waals surface area contributed by atoms with Crippen molar-refractivity contribution in [2.75, 3.05) is 38.0 Å². The molecule has 0 aromatic heterocycles. The Morgan fingerprint density at radius 1 is 1.30 bits per heavy atom. The lowest BCUT2D eigenvalue weighted by molar-refractivity contribution is -0.133. The van der Waals surface area contributed by atoms with Gasteiger partial charge in [-0.2, -0.15) is 0 Å². The maximum Gasteiger partial charge on any atom is 0.245 e. The lowest BCUT2D eigenvalue weighted by atomic mass is 10.1. The standard InChI is InChI=1S/C16H19N3O/c1-2-7-18-8-10-19(11-9-18)16(20)15-12-13-5-3-4-6-14(13)17-15/h1,3-6,15,17H,7-12H2. The number of amides is 1. The fraction of sp³-hybridized carbons (Fsp3) is 0.438. The Labute approximate surface area is 119 Å². The smallest absolute Gasteiger partial charge is 0.245 e. The molecule has 3 rings (SSSR count). The van der Waals surface area contributed by atoms with E-state index in [4.69, 9.17) is 6.42 Å². The number of terminal acetylenes is 1. The lowest BCUT2D eigenvalue weighted by Gasteiger charge is -2.35. The molecule has 2 aliphatic rings. The van der Waals surface area contributed by atoms with E-state index >= 15 is 0 Å². The number of fused-ring (bicyclic) bond motifs is 1. The van der Waals surface area contributed by atoms with E-state index in [-0.39, 0.29) is 11.9 Å². The normalized spacial score (nSPS) is 21.9. The minimum atomic E-state index is -0.105. The third kappa shape index (κ3) is 2.50. The zero-order valence-corrected chi connectivity index (χ0v) is 11.5. The van der Waals surface area contributed by atoms with E-state index in [1.165, 1.54) is 5.56 Å². The van der Waals surface area contributed by atoms with Gasteiger partial charge in [0.1, 0.15) is 6.04 Å². The summed E-state index contributed by atoms with van der Waals surface area (Å²) in [5.74, 6) is 2.87. The number of benzene rings is 1. The van der Waals surface area contributed by atoms with Crippen LogP contribution < -0.4 is 5.32 Å². The van der Waals surface area contributed by atoms with Crippen LogP contribution in [-0.4, -0.2) is 54.5 Å². The van der Waals surface area contributed by atoms with Crippen molar-refractivity contribution in [2.24, 2.45) is 0 Å². The summed E-state index contributed by atoms with van der Waals surface area (Å²) in [5, 5.41) is 3.33. The first kappa shape index (κ1) is 13.0. The molecule has 1 unspecified atom stereocenters. The van der Waals surface area contributed by atoms with Crippen LogP contribution in [0.3, 0.4) is 0 Å². The molecule has 1 aromatic rings. The predicted molar refractivity (Wildman–Crippen MR) is 79.4 cm³/mol. The predicted octanol–water partition coefficient (Wildman–Crippen LogP) is 0.801. The number of hydrogen-bond donors (Lipinski definition) is 1. The maximum absolute atomic E-state index is 12.5. The van der Waals surface area contributed by atoms with Gasteiger partial charge in [0.2, 0.25) is 5.91 Å². The maximum atomic E-state index is 12.5. The van der Waals surface area contributed by atoms with Crippen LogP contribution in [0.1, 0.15) is 5.56 Å². The number of nitrogens with one attached hydrogen (secondary N) is 1. The molecule has 4 nitrogen and oxygen atoms in total. The first-order valence-corrected chi connectivity index (χ1v) is 7.07. The molecule has 2 aliphatic heterocycles. The molecule has 1 N–H and O–H groups in total. The van der Waals surface area contributed by atoms with Gasteiger partial charge in [0.25, 0.3) is 0 Å². The second kappa shape index (κ2) is 5.56. The molecule has 1 aromatic carbocycles. The van der Waals surface area contributed by atoms with Crippen molar-refractivity contribution in [3.8, 4) is 12.3 Å². The minimum Gasteiger partial charge on any atom is -0.373 e. The molecular formula is C16H19N3O. The fourth-order valence-electron chi connectivity index (χ4n) is 2.92. The van der Waals surface area contributed by atoms with Gasteiger partial charge in [0.05, 0.1) is 6.54 Å². The van der Waals surface area contributed by atoms with Crippen LogP contribution in [0.15, 0.2) is 24.3 Å². The van der Waals surface area contributed by atoms with Gasteiger partial charge in [-0.1, -0.05) is 24.1 Å². The van der Waals surface area contributed by atoms with Crippen molar-refractivity contribution in [1.29, 1.82) is 0 Å². The van der Waals surface area contributed by atoms with Crippen LogP contribution in [0.25, 0.3) is 0 Å². The molecule has 1 fully saturated rings. The first-order valence-electron chi connectivity index (χ1n) is 7.07. The Balaban J connectivity index is 1.58. The Kier molecular flexibility index (Phi) is 3.62. The summed E-state index contributed by atoms with van der Waals surface area (Å²) in [5.41, 5.74) is 2.33. The molecular weight excluding hydrogens is 250 g/mol. The summed E-state index contributed by atoms with van der Waals surface area (Å²) < 4.78 is 0. The summed E-state index contributed by atoms with van der Waals surface area (Å²) in [7, 11) is 0. The lowest BCUT2D eigenvalue weighted by Crippen LogP contribution is -2.52. The first-order chi connectivity index (χ1) is 9.78. The molecule has 2 heterocycles. The van der Waals surface area contributed by atoms with Crippen LogP contribution in [0.4, 0.5) is 5.69 Å². The second-order valence-corrected chi connectivity index (χ2v) is 5.36. The number of carbonyl (C=O) groups excluding carboxylic acids is 1. The Morgan fingerprint density at radius 2 is 2.05 bits per heavy atom. The van der Waals surface area contributed by atoms with Crippen LogP contribution >= 0.6 is 0 Å². The van der Waals surface area contributed by atoms with Crippen molar-refractivity contribution < 1.29 is 4.79 Å². The van der Waals surface area contributed by atoms with Crippen molar-refractivity contribution in [3.63, 3.8) is 0 Å². The summed E-state index contributed by atoms with van der Waals surface area (Å²) in [6.45, 7) is 3.96. The van der Waals surface area contributed by atoms with Crippen molar-refractivity contribution in [2.45, 2.75) is 12.5 Å². The van der Waals surface area contributed by atoms with E-state index < -0.39 is 0 Å². The third-order valence-electron chi connectivity index (χ3n) is 4.07. The van der Waals surface area contributed by atoms with E-state index in [1.807, 2.05) is 23.1 Å². The molecule has 0 aliphatic carbocycles. The van der Waals surface area contributed by atoms with Crippen LogP contribution in [-0.2, 0) is 11.2 Å². The largest absolute Gasteiger partial charge is 0.373 e. The highest BCUT2D eigenvalue weighted by Gasteiger charge is 2.31. The molecule has 4 heteroatoms. The summed E-state index contributed by atoms with van der Waals surface area (Å²) in [6, 6.07) is 8.03. The summed E-state index contributed by atoms with van der Waals surface area (Å²) >= 11 is 0. The Morgan fingerprint density at radius 3 is 2.75 bits per heavy atom. The average molecular weight is 269 g/mol. The second-order valence-electron chi connectivity index (χ2n) is 5.36. The Bertz CT molecular complexity index is 516. The van der Waals surface area contributed by atoms with Gasteiger partial charge in [-0.05, 0) is 11.6 Å². The fourth-order valence-corrected chi connectivity index (χ4v) is 2.92. The number of carbonyl (C=O) groups is 1. The van der Waals surface area contributed by atoms with Crippen molar-refractivity contribution in [1.82, 2.24) is 9.80 Å².